The Morgan fingerprint density at radius 1 is 1.27 bits per heavy atom. The maximum atomic E-state index is 11.5. The van der Waals surface area contributed by atoms with E-state index in [1.165, 1.54) is 11.1 Å². The zero-order valence-electron chi connectivity index (χ0n) is 16.2. The van der Waals surface area contributed by atoms with Crippen molar-refractivity contribution in [2.24, 2.45) is 4.99 Å². The first-order valence-corrected chi connectivity index (χ1v) is 11.2. The summed E-state index contributed by atoms with van der Waals surface area (Å²) in [6, 6.07) is 8.56. The van der Waals surface area contributed by atoms with Crippen molar-refractivity contribution < 1.29 is 8.42 Å². The fourth-order valence-corrected chi connectivity index (χ4v) is 4.24. The van der Waals surface area contributed by atoms with Crippen LogP contribution < -0.4 is 10.6 Å². The van der Waals surface area contributed by atoms with E-state index in [-0.39, 0.29) is 11.5 Å². The SMILES string of the molecule is CCNC(=NCC(C)c1cccc(C)c1)NCCN1CCS(=O)(=O)CC1. The van der Waals surface area contributed by atoms with Gasteiger partial charge in [0.25, 0.3) is 0 Å². The van der Waals surface area contributed by atoms with Gasteiger partial charge < -0.3 is 10.6 Å². The third-order valence-corrected chi connectivity index (χ3v) is 6.25. The molecule has 0 aliphatic carbocycles. The van der Waals surface area contributed by atoms with Crippen molar-refractivity contribution in [2.45, 2.75) is 26.7 Å². The summed E-state index contributed by atoms with van der Waals surface area (Å²) in [6.45, 7) is 10.7. The summed E-state index contributed by atoms with van der Waals surface area (Å²) in [6.07, 6.45) is 0. The molecular weight excluding hydrogens is 348 g/mol. The Bertz CT molecular complexity index is 689. The van der Waals surface area contributed by atoms with Crippen LogP contribution in [0.15, 0.2) is 29.3 Å². The van der Waals surface area contributed by atoms with E-state index in [4.69, 9.17) is 4.99 Å². The van der Waals surface area contributed by atoms with Crippen LogP contribution in [0.2, 0.25) is 0 Å². The number of hydrogen-bond acceptors (Lipinski definition) is 4. The van der Waals surface area contributed by atoms with Gasteiger partial charge in [-0.3, -0.25) is 9.89 Å². The minimum absolute atomic E-state index is 0.273. The van der Waals surface area contributed by atoms with Gasteiger partial charge in [-0.05, 0) is 19.4 Å². The number of aliphatic imine (C=N–C) groups is 1. The average molecular weight is 381 g/mol. The average Bonchev–Trinajstić information content (AvgIpc) is 2.60. The Morgan fingerprint density at radius 2 is 2.00 bits per heavy atom. The summed E-state index contributed by atoms with van der Waals surface area (Å²) in [5.41, 5.74) is 2.58. The second kappa shape index (κ2) is 9.92. The predicted octanol–water partition coefficient (Wildman–Crippen LogP) is 1.38. The van der Waals surface area contributed by atoms with Gasteiger partial charge in [0, 0.05) is 45.2 Å². The Kier molecular flexibility index (Phi) is 7.90. The first-order chi connectivity index (χ1) is 12.4. The molecule has 1 unspecified atom stereocenters. The number of nitrogens with zero attached hydrogens (tertiary/aromatic N) is 2. The third kappa shape index (κ3) is 6.96. The Morgan fingerprint density at radius 3 is 2.65 bits per heavy atom. The molecule has 26 heavy (non-hydrogen) atoms. The summed E-state index contributed by atoms with van der Waals surface area (Å²) < 4.78 is 23.0. The van der Waals surface area contributed by atoms with Crippen LogP contribution in [0.1, 0.15) is 30.9 Å². The Hall–Kier alpha value is -1.60. The van der Waals surface area contributed by atoms with Gasteiger partial charge in [-0.25, -0.2) is 8.42 Å². The van der Waals surface area contributed by atoms with E-state index < -0.39 is 9.84 Å². The summed E-state index contributed by atoms with van der Waals surface area (Å²) in [5.74, 6) is 1.72. The predicted molar refractivity (Wildman–Crippen MR) is 109 cm³/mol. The monoisotopic (exact) mass is 380 g/mol. The van der Waals surface area contributed by atoms with Crippen LogP contribution >= 0.6 is 0 Å². The second-order valence-corrected chi connectivity index (χ2v) is 9.26. The van der Waals surface area contributed by atoms with E-state index >= 15 is 0 Å². The van der Waals surface area contributed by atoms with Crippen molar-refractivity contribution in [3.8, 4) is 0 Å². The topological polar surface area (TPSA) is 73.8 Å². The first kappa shape index (κ1) is 20.7. The largest absolute Gasteiger partial charge is 0.357 e. The lowest BCUT2D eigenvalue weighted by Crippen LogP contribution is -2.46. The summed E-state index contributed by atoms with van der Waals surface area (Å²) in [4.78, 5) is 6.89. The molecule has 2 N–H and O–H groups in total. The van der Waals surface area contributed by atoms with Gasteiger partial charge in [0.1, 0.15) is 0 Å². The maximum absolute atomic E-state index is 11.5. The van der Waals surface area contributed by atoms with Crippen LogP contribution in [0.5, 0.6) is 0 Å². The number of nitrogens with one attached hydrogen (secondary N) is 2. The van der Waals surface area contributed by atoms with E-state index in [0.29, 0.717) is 19.0 Å². The van der Waals surface area contributed by atoms with Crippen molar-refractivity contribution in [3.05, 3.63) is 35.4 Å². The van der Waals surface area contributed by atoms with Gasteiger partial charge in [-0.15, -0.1) is 0 Å². The van der Waals surface area contributed by atoms with Crippen molar-refractivity contribution in [1.29, 1.82) is 0 Å². The summed E-state index contributed by atoms with van der Waals surface area (Å²) in [7, 11) is -2.81. The molecule has 1 aliphatic heterocycles. The summed E-state index contributed by atoms with van der Waals surface area (Å²) in [5, 5.41) is 6.63. The van der Waals surface area contributed by atoms with E-state index in [1.54, 1.807) is 0 Å². The highest BCUT2D eigenvalue weighted by atomic mass is 32.2. The highest BCUT2D eigenvalue weighted by Crippen LogP contribution is 2.16. The second-order valence-electron chi connectivity index (χ2n) is 6.96. The molecule has 0 saturated carbocycles. The molecule has 7 heteroatoms. The molecule has 0 spiro atoms. The quantitative estimate of drug-likeness (QED) is 0.552. The van der Waals surface area contributed by atoms with Gasteiger partial charge in [-0.1, -0.05) is 36.8 Å². The number of rotatable bonds is 7. The van der Waals surface area contributed by atoms with Crippen molar-refractivity contribution in [3.63, 3.8) is 0 Å². The van der Waals surface area contributed by atoms with Crippen LogP contribution in [0.25, 0.3) is 0 Å². The molecule has 1 aromatic rings. The first-order valence-electron chi connectivity index (χ1n) is 9.41. The van der Waals surface area contributed by atoms with Gasteiger partial charge in [0.15, 0.2) is 15.8 Å². The third-order valence-electron chi connectivity index (χ3n) is 4.64. The number of guanidine groups is 1. The molecule has 1 fully saturated rings. The van der Waals surface area contributed by atoms with Crippen LogP contribution in [-0.4, -0.2) is 70.1 Å². The molecule has 1 saturated heterocycles. The van der Waals surface area contributed by atoms with Crippen LogP contribution in [-0.2, 0) is 9.84 Å². The van der Waals surface area contributed by atoms with Gasteiger partial charge in [-0.2, -0.15) is 0 Å². The minimum Gasteiger partial charge on any atom is -0.357 e. The zero-order chi connectivity index (χ0) is 19.0. The fourth-order valence-electron chi connectivity index (χ4n) is 2.96. The molecule has 0 bridgehead atoms. The molecule has 1 aliphatic rings. The molecule has 0 amide bonds. The molecule has 146 valence electrons. The molecular formula is C19H32N4O2S. The van der Waals surface area contributed by atoms with E-state index in [0.717, 1.165) is 32.1 Å². The Balaban J connectivity index is 1.81. The molecule has 2 rings (SSSR count). The van der Waals surface area contributed by atoms with E-state index in [9.17, 15) is 8.42 Å². The fraction of sp³-hybridized carbons (Fsp3) is 0.632. The number of hydrogen-bond donors (Lipinski definition) is 2. The standard InChI is InChI=1S/C19H32N4O2S/c1-4-20-19(21-8-9-23-10-12-26(24,25)13-11-23)22-15-17(3)18-7-5-6-16(2)14-18/h5-7,14,17H,4,8-13,15H2,1-3H3,(H2,20,21,22). The molecule has 6 nitrogen and oxygen atoms in total. The number of aryl methyl sites for hydroxylation is 1. The van der Waals surface area contributed by atoms with Gasteiger partial charge in [0.05, 0.1) is 11.5 Å². The maximum Gasteiger partial charge on any atom is 0.191 e. The van der Waals surface area contributed by atoms with Gasteiger partial charge >= 0.3 is 0 Å². The lowest BCUT2D eigenvalue weighted by Gasteiger charge is -2.26. The van der Waals surface area contributed by atoms with Crippen molar-refractivity contribution >= 4 is 15.8 Å². The highest BCUT2D eigenvalue weighted by molar-refractivity contribution is 7.91. The van der Waals surface area contributed by atoms with Crippen LogP contribution in [0, 0.1) is 6.92 Å². The minimum atomic E-state index is -2.81. The normalized spacial score (nSPS) is 19.1. The smallest absolute Gasteiger partial charge is 0.191 e. The van der Waals surface area contributed by atoms with Crippen LogP contribution in [0.3, 0.4) is 0 Å². The molecule has 0 radical (unpaired) electrons. The zero-order valence-corrected chi connectivity index (χ0v) is 17.0. The lowest BCUT2D eigenvalue weighted by molar-refractivity contribution is 0.299. The highest BCUT2D eigenvalue weighted by Gasteiger charge is 2.20. The molecule has 1 heterocycles. The van der Waals surface area contributed by atoms with Gasteiger partial charge in [0.2, 0.25) is 0 Å². The number of sulfone groups is 1. The van der Waals surface area contributed by atoms with Crippen LogP contribution in [0.4, 0.5) is 0 Å². The molecule has 1 aromatic carbocycles. The van der Waals surface area contributed by atoms with E-state index in [2.05, 4.69) is 60.6 Å². The Labute approximate surface area is 158 Å². The van der Waals surface area contributed by atoms with E-state index in [1.807, 2.05) is 0 Å². The molecule has 0 aromatic heterocycles. The molecule has 1 atom stereocenters. The number of benzene rings is 1. The summed E-state index contributed by atoms with van der Waals surface area (Å²) >= 11 is 0. The lowest BCUT2D eigenvalue weighted by atomic mass is 10.00. The van der Waals surface area contributed by atoms with Crippen molar-refractivity contribution in [1.82, 2.24) is 15.5 Å². The van der Waals surface area contributed by atoms with Crippen molar-refractivity contribution in [2.75, 3.05) is 50.8 Å².